The van der Waals surface area contributed by atoms with Crippen molar-refractivity contribution in [1.82, 2.24) is 0 Å². The zero-order valence-electron chi connectivity index (χ0n) is 10.0. The van der Waals surface area contributed by atoms with Gasteiger partial charge in [0.05, 0.1) is 18.0 Å². The second-order valence-corrected chi connectivity index (χ2v) is 5.46. The number of nitrogens with one attached hydrogen (secondary N) is 1. The van der Waals surface area contributed by atoms with Crippen LogP contribution in [0.1, 0.15) is 18.9 Å². The third-order valence-electron chi connectivity index (χ3n) is 2.04. The molecule has 0 radical (unpaired) electrons. The summed E-state index contributed by atoms with van der Waals surface area (Å²) in [5, 5.41) is 0. The van der Waals surface area contributed by atoms with Gasteiger partial charge in [0.25, 0.3) is 0 Å². The average Bonchev–Trinajstić information content (AvgIpc) is 2.29. The molecule has 0 aromatic heterocycles. The van der Waals surface area contributed by atoms with Gasteiger partial charge >= 0.3 is 0 Å². The van der Waals surface area contributed by atoms with E-state index >= 15 is 0 Å². The Labute approximate surface area is 106 Å². The van der Waals surface area contributed by atoms with Gasteiger partial charge in [-0.15, -0.1) is 0 Å². The highest BCUT2D eigenvalue weighted by Crippen LogP contribution is 2.17. The third-order valence-corrected chi connectivity index (χ3v) is 3.52. The number of halogens is 1. The molecule has 0 amide bonds. The monoisotopic (exact) mass is 270 g/mol. The first kappa shape index (κ1) is 14.5. The maximum absolute atomic E-state index is 13.6. The second kappa shape index (κ2) is 6.38. The largest absolute Gasteiger partial charge is 0.320 e. The average molecular weight is 270 g/mol. The molecular formula is C12H15FN2O2S. The van der Waals surface area contributed by atoms with E-state index in [0.717, 1.165) is 0 Å². The predicted octanol–water partition coefficient (Wildman–Crippen LogP) is 1.29. The van der Waals surface area contributed by atoms with Crippen molar-refractivity contribution in [1.29, 1.82) is 0 Å². The molecule has 0 saturated carbocycles. The van der Waals surface area contributed by atoms with Gasteiger partial charge in [-0.2, -0.15) is 0 Å². The number of hydrogen-bond donors (Lipinski definition) is 2. The van der Waals surface area contributed by atoms with Crippen molar-refractivity contribution in [2.75, 3.05) is 17.0 Å². The summed E-state index contributed by atoms with van der Waals surface area (Å²) in [6, 6.07) is 4.06. The molecule has 0 saturated heterocycles. The van der Waals surface area contributed by atoms with Gasteiger partial charge in [-0.3, -0.25) is 4.72 Å². The van der Waals surface area contributed by atoms with E-state index in [2.05, 4.69) is 16.6 Å². The van der Waals surface area contributed by atoms with Crippen LogP contribution in [-0.2, 0) is 10.0 Å². The third kappa shape index (κ3) is 4.35. The SMILES string of the molecule is CCCS(=O)(=O)Nc1ccc(C#CCN)cc1F. The lowest BCUT2D eigenvalue weighted by atomic mass is 10.2. The first-order valence-corrected chi connectivity index (χ1v) is 7.12. The number of benzene rings is 1. The Morgan fingerprint density at radius 2 is 2.17 bits per heavy atom. The standard InChI is InChI=1S/C12H15FN2O2S/c1-2-8-18(16,17)15-12-6-5-10(4-3-7-14)9-11(12)13/h5-6,9,15H,2,7-8,14H2,1H3. The van der Waals surface area contributed by atoms with Crippen molar-refractivity contribution in [3.63, 3.8) is 0 Å². The van der Waals surface area contributed by atoms with Crippen molar-refractivity contribution < 1.29 is 12.8 Å². The Morgan fingerprint density at radius 3 is 2.72 bits per heavy atom. The predicted molar refractivity (Wildman–Crippen MR) is 70.0 cm³/mol. The molecule has 0 fully saturated rings. The van der Waals surface area contributed by atoms with E-state index in [0.29, 0.717) is 12.0 Å². The van der Waals surface area contributed by atoms with Crippen LogP contribution in [0.25, 0.3) is 0 Å². The number of sulfonamides is 1. The lowest BCUT2D eigenvalue weighted by molar-refractivity contribution is 0.597. The summed E-state index contributed by atoms with van der Waals surface area (Å²) in [6.07, 6.45) is 0.469. The van der Waals surface area contributed by atoms with Gasteiger partial charge in [-0.05, 0) is 24.6 Å². The highest BCUT2D eigenvalue weighted by Gasteiger charge is 2.11. The molecule has 98 valence electrons. The van der Waals surface area contributed by atoms with E-state index < -0.39 is 15.8 Å². The zero-order valence-corrected chi connectivity index (χ0v) is 10.8. The van der Waals surface area contributed by atoms with E-state index in [1.54, 1.807) is 6.92 Å². The molecule has 0 aliphatic carbocycles. The summed E-state index contributed by atoms with van der Waals surface area (Å²) < 4.78 is 38.8. The maximum atomic E-state index is 13.6. The van der Waals surface area contributed by atoms with Crippen LogP contribution >= 0.6 is 0 Å². The van der Waals surface area contributed by atoms with Crippen molar-refractivity contribution in [3.05, 3.63) is 29.6 Å². The van der Waals surface area contributed by atoms with Gasteiger partial charge in [0.15, 0.2) is 0 Å². The molecule has 18 heavy (non-hydrogen) atoms. The van der Waals surface area contributed by atoms with Crippen LogP contribution in [-0.4, -0.2) is 20.7 Å². The van der Waals surface area contributed by atoms with Crippen LogP contribution in [0, 0.1) is 17.7 Å². The molecule has 4 nitrogen and oxygen atoms in total. The van der Waals surface area contributed by atoms with Crippen LogP contribution < -0.4 is 10.5 Å². The molecular weight excluding hydrogens is 255 g/mol. The molecule has 1 aromatic rings. The number of hydrogen-bond acceptors (Lipinski definition) is 3. The molecule has 0 unspecified atom stereocenters. The second-order valence-electron chi connectivity index (χ2n) is 3.62. The molecule has 0 aliphatic rings. The fourth-order valence-corrected chi connectivity index (χ4v) is 2.46. The molecule has 0 spiro atoms. The summed E-state index contributed by atoms with van der Waals surface area (Å²) in [7, 11) is -3.48. The summed E-state index contributed by atoms with van der Waals surface area (Å²) in [5.74, 6) is 4.57. The molecule has 6 heteroatoms. The van der Waals surface area contributed by atoms with E-state index in [9.17, 15) is 12.8 Å². The Kier molecular flexibility index (Phi) is 5.13. The Balaban J connectivity index is 2.93. The first-order valence-electron chi connectivity index (χ1n) is 5.47. The summed E-state index contributed by atoms with van der Waals surface area (Å²) >= 11 is 0. The quantitative estimate of drug-likeness (QED) is 0.810. The van der Waals surface area contributed by atoms with Crippen molar-refractivity contribution in [2.45, 2.75) is 13.3 Å². The topological polar surface area (TPSA) is 72.2 Å². The van der Waals surface area contributed by atoms with Gasteiger partial charge in [-0.1, -0.05) is 18.8 Å². The minimum Gasteiger partial charge on any atom is -0.320 e. The fraction of sp³-hybridized carbons (Fsp3) is 0.333. The van der Waals surface area contributed by atoms with Gasteiger partial charge in [-0.25, -0.2) is 12.8 Å². The van der Waals surface area contributed by atoms with E-state index in [1.165, 1.54) is 18.2 Å². The Bertz CT molecular complexity index is 573. The number of rotatable bonds is 4. The van der Waals surface area contributed by atoms with Gasteiger partial charge in [0.2, 0.25) is 10.0 Å². The smallest absolute Gasteiger partial charge is 0.232 e. The Morgan fingerprint density at radius 1 is 1.44 bits per heavy atom. The van der Waals surface area contributed by atoms with Crippen LogP contribution in [0.3, 0.4) is 0 Å². The van der Waals surface area contributed by atoms with E-state index in [-0.39, 0.29) is 18.0 Å². The maximum Gasteiger partial charge on any atom is 0.232 e. The van der Waals surface area contributed by atoms with Gasteiger partial charge in [0, 0.05) is 5.56 Å². The number of anilines is 1. The fourth-order valence-electron chi connectivity index (χ4n) is 1.32. The highest BCUT2D eigenvalue weighted by atomic mass is 32.2. The van der Waals surface area contributed by atoms with Crippen molar-refractivity contribution in [3.8, 4) is 11.8 Å². The molecule has 0 bridgehead atoms. The zero-order chi connectivity index (χ0) is 13.6. The van der Waals surface area contributed by atoms with Gasteiger partial charge < -0.3 is 5.73 Å². The molecule has 0 aliphatic heterocycles. The first-order chi connectivity index (χ1) is 8.48. The van der Waals surface area contributed by atoms with E-state index in [4.69, 9.17) is 5.73 Å². The van der Waals surface area contributed by atoms with E-state index in [1.807, 2.05) is 0 Å². The van der Waals surface area contributed by atoms with Crippen LogP contribution in [0.2, 0.25) is 0 Å². The van der Waals surface area contributed by atoms with Crippen LogP contribution in [0.15, 0.2) is 18.2 Å². The van der Waals surface area contributed by atoms with Crippen molar-refractivity contribution in [2.24, 2.45) is 5.73 Å². The lowest BCUT2D eigenvalue weighted by Crippen LogP contribution is -2.16. The summed E-state index contributed by atoms with van der Waals surface area (Å²) in [5.41, 5.74) is 5.59. The minimum absolute atomic E-state index is 0.0405. The molecule has 0 heterocycles. The van der Waals surface area contributed by atoms with Crippen LogP contribution in [0.4, 0.5) is 10.1 Å². The lowest BCUT2D eigenvalue weighted by Gasteiger charge is -2.08. The summed E-state index contributed by atoms with van der Waals surface area (Å²) in [4.78, 5) is 0. The normalized spacial score (nSPS) is 10.6. The Hall–Kier alpha value is -1.58. The molecule has 3 N–H and O–H groups in total. The summed E-state index contributed by atoms with van der Waals surface area (Å²) in [6.45, 7) is 1.92. The molecule has 0 atom stereocenters. The minimum atomic E-state index is -3.48. The number of nitrogens with two attached hydrogens (primary N) is 1. The van der Waals surface area contributed by atoms with Crippen molar-refractivity contribution >= 4 is 15.7 Å². The van der Waals surface area contributed by atoms with Crippen LogP contribution in [0.5, 0.6) is 0 Å². The molecule has 1 aromatic carbocycles. The highest BCUT2D eigenvalue weighted by molar-refractivity contribution is 7.92. The van der Waals surface area contributed by atoms with Gasteiger partial charge in [0.1, 0.15) is 5.82 Å². The molecule has 1 rings (SSSR count).